The molecule has 0 unspecified atom stereocenters. The number of rotatable bonds is 6. The van der Waals surface area contributed by atoms with E-state index in [1.165, 1.54) is 16.3 Å². The predicted molar refractivity (Wildman–Crippen MR) is 98.8 cm³/mol. The fourth-order valence-corrected chi connectivity index (χ4v) is 3.02. The lowest BCUT2D eigenvalue weighted by Gasteiger charge is -2.36. The van der Waals surface area contributed by atoms with Crippen LogP contribution in [0.2, 0.25) is 0 Å². The number of nitrogens with one attached hydrogen (secondary N) is 1. The van der Waals surface area contributed by atoms with Gasteiger partial charge in [-0.1, -0.05) is 24.3 Å². The molecule has 1 aliphatic heterocycles. The highest BCUT2D eigenvalue weighted by atomic mass is 16.2. The Bertz CT molecular complexity index is 736. The number of pyridine rings is 1. The Kier molecular flexibility index (Phi) is 5.85. The molecule has 6 nitrogen and oxygen atoms in total. The summed E-state index contributed by atoms with van der Waals surface area (Å²) in [4.78, 5) is 28.3. The van der Waals surface area contributed by atoms with E-state index in [0.29, 0.717) is 6.54 Å². The number of carbonyl (C=O) groups is 1. The molecule has 0 spiro atoms. The van der Waals surface area contributed by atoms with Gasteiger partial charge < -0.3 is 14.8 Å². The molecule has 2 aromatic rings. The zero-order valence-electron chi connectivity index (χ0n) is 14.3. The Hall–Kier alpha value is -2.60. The van der Waals surface area contributed by atoms with Crippen molar-refractivity contribution in [2.75, 3.05) is 44.2 Å². The molecule has 1 N–H and O–H groups in total. The van der Waals surface area contributed by atoms with Crippen LogP contribution in [0.5, 0.6) is 0 Å². The molecule has 3 rings (SSSR count). The van der Waals surface area contributed by atoms with Gasteiger partial charge in [0, 0.05) is 57.2 Å². The predicted octanol–water partition coefficient (Wildman–Crippen LogP) is 0.787. The Morgan fingerprint density at radius 3 is 2.40 bits per heavy atom. The molecular formula is C19H24N4O2. The third-order valence-corrected chi connectivity index (χ3v) is 4.46. The van der Waals surface area contributed by atoms with Gasteiger partial charge in [-0.2, -0.15) is 0 Å². The van der Waals surface area contributed by atoms with Crippen LogP contribution < -0.4 is 15.8 Å². The van der Waals surface area contributed by atoms with E-state index in [1.54, 1.807) is 18.3 Å². The van der Waals surface area contributed by atoms with E-state index in [4.69, 9.17) is 0 Å². The Labute approximate surface area is 147 Å². The first-order valence-electron chi connectivity index (χ1n) is 8.67. The van der Waals surface area contributed by atoms with Crippen molar-refractivity contribution in [2.24, 2.45) is 0 Å². The first-order chi connectivity index (χ1) is 12.2. The van der Waals surface area contributed by atoms with Crippen molar-refractivity contribution in [1.82, 2.24) is 14.8 Å². The van der Waals surface area contributed by atoms with Crippen molar-refractivity contribution < 1.29 is 4.79 Å². The molecule has 1 saturated heterocycles. The molecule has 1 amide bonds. The highest BCUT2D eigenvalue weighted by Gasteiger charge is 2.16. The van der Waals surface area contributed by atoms with Gasteiger partial charge in [0.1, 0.15) is 6.54 Å². The molecule has 6 heteroatoms. The second-order valence-corrected chi connectivity index (χ2v) is 6.18. The van der Waals surface area contributed by atoms with E-state index in [0.717, 1.165) is 32.7 Å². The van der Waals surface area contributed by atoms with E-state index in [1.807, 2.05) is 6.07 Å². The van der Waals surface area contributed by atoms with Gasteiger partial charge in [0.15, 0.2) is 0 Å². The van der Waals surface area contributed by atoms with E-state index < -0.39 is 0 Å². The molecule has 1 fully saturated rings. The summed E-state index contributed by atoms with van der Waals surface area (Å²) in [6.07, 6.45) is 1.63. The maximum atomic E-state index is 11.9. The van der Waals surface area contributed by atoms with Crippen molar-refractivity contribution in [2.45, 2.75) is 6.54 Å². The summed E-state index contributed by atoms with van der Waals surface area (Å²) in [5, 5.41) is 2.89. The van der Waals surface area contributed by atoms with Gasteiger partial charge in [0.2, 0.25) is 5.91 Å². The molecule has 132 valence electrons. The van der Waals surface area contributed by atoms with Crippen LogP contribution in [0.3, 0.4) is 0 Å². The number of benzene rings is 1. The monoisotopic (exact) mass is 340 g/mol. The SMILES string of the molecule is O=C(Cn1ccccc1=O)NCCN1CCN(c2ccccc2)CC1. The van der Waals surface area contributed by atoms with Crippen LogP contribution in [0, 0.1) is 0 Å². The number of hydrogen-bond acceptors (Lipinski definition) is 4. The Morgan fingerprint density at radius 2 is 1.68 bits per heavy atom. The van der Waals surface area contributed by atoms with Crippen molar-refractivity contribution >= 4 is 11.6 Å². The quantitative estimate of drug-likeness (QED) is 0.845. The second kappa shape index (κ2) is 8.48. The number of anilines is 1. The third kappa shape index (κ3) is 4.93. The standard InChI is InChI=1S/C19H24N4O2/c24-18(16-23-10-5-4-8-19(23)25)20-9-11-21-12-14-22(15-13-21)17-6-2-1-3-7-17/h1-8,10H,9,11-16H2,(H,20,24). The fourth-order valence-electron chi connectivity index (χ4n) is 3.02. The van der Waals surface area contributed by atoms with Crippen LogP contribution in [-0.2, 0) is 11.3 Å². The molecule has 0 atom stereocenters. The number of carbonyl (C=O) groups excluding carboxylic acids is 1. The average Bonchev–Trinajstić information content (AvgIpc) is 2.65. The zero-order chi connectivity index (χ0) is 17.5. The number of piperazine rings is 1. The number of aromatic nitrogens is 1. The molecule has 0 saturated carbocycles. The maximum absolute atomic E-state index is 11.9. The zero-order valence-corrected chi connectivity index (χ0v) is 14.3. The van der Waals surface area contributed by atoms with Crippen LogP contribution in [0.15, 0.2) is 59.5 Å². The molecule has 1 aliphatic rings. The largest absolute Gasteiger partial charge is 0.369 e. The fraction of sp³-hybridized carbons (Fsp3) is 0.368. The van der Waals surface area contributed by atoms with E-state index in [2.05, 4.69) is 39.4 Å². The Balaban J connectivity index is 1.37. The number of nitrogens with zero attached hydrogens (tertiary/aromatic N) is 3. The maximum Gasteiger partial charge on any atom is 0.250 e. The lowest BCUT2D eigenvalue weighted by Crippen LogP contribution is -2.48. The Morgan fingerprint density at radius 1 is 0.960 bits per heavy atom. The van der Waals surface area contributed by atoms with Crippen LogP contribution in [-0.4, -0.2) is 54.6 Å². The summed E-state index contributed by atoms with van der Waals surface area (Å²) in [5.41, 5.74) is 1.11. The van der Waals surface area contributed by atoms with Crippen LogP contribution in [0.4, 0.5) is 5.69 Å². The van der Waals surface area contributed by atoms with Crippen LogP contribution >= 0.6 is 0 Å². The average molecular weight is 340 g/mol. The summed E-state index contributed by atoms with van der Waals surface area (Å²) in [7, 11) is 0. The van der Waals surface area contributed by atoms with Gasteiger partial charge in [0.25, 0.3) is 5.56 Å². The molecule has 2 heterocycles. The number of amides is 1. The minimum atomic E-state index is -0.158. The van der Waals surface area contributed by atoms with Crippen molar-refractivity contribution in [1.29, 1.82) is 0 Å². The molecule has 1 aromatic heterocycles. The van der Waals surface area contributed by atoms with Gasteiger partial charge in [-0.25, -0.2) is 0 Å². The van der Waals surface area contributed by atoms with Gasteiger partial charge in [-0.15, -0.1) is 0 Å². The normalized spacial score (nSPS) is 15.1. The van der Waals surface area contributed by atoms with Crippen LogP contribution in [0.25, 0.3) is 0 Å². The molecule has 25 heavy (non-hydrogen) atoms. The third-order valence-electron chi connectivity index (χ3n) is 4.46. The van der Waals surface area contributed by atoms with Gasteiger partial charge >= 0.3 is 0 Å². The lowest BCUT2D eigenvalue weighted by atomic mass is 10.2. The minimum Gasteiger partial charge on any atom is -0.369 e. The highest BCUT2D eigenvalue weighted by Crippen LogP contribution is 2.15. The molecule has 0 bridgehead atoms. The second-order valence-electron chi connectivity index (χ2n) is 6.18. The summed E-state index contributed by atoms with van der Waals surface area (Å²) in [6.45, 7) is 5.48. The van der Waals surface area contributed by atoms with E-state index >= 15 is 0 Å². The van der Waals surface area contributed by atoms with Crippen molar-refractivity contribution in [3.05, 3.63) is 65.1 Å². The smallest absolute Gasteiger partial charge is 0.250 e. The molecule has 1 aromatic carbocycles. The van der Waals surface area contributed by atoms with Crippen molar-refractivity contribution in [3.8, 4) is 0 Å². The first-order valence-corrected chi connectivity index (χ1v) is 8.67. The highest BCUT2D eigenvalue weighted by molar-refractivity contribution is 5.75. The number of hydrogen-bond donors (Lipinski definition) is 1. The van der Waals surface area contributed by atoms with Gasteiger partial charge in [0.05, 0.1) is 0 Å². The lowest BCUT2D eigenvalue weighted by molar-refractivity contribution is -0.121. The van der Waals surface area contributed by atoms with Gasteiger partial charge in [-0.3, -0.25) is 14.5 Å². The molecular weight excluding hydrogens is 316 g/mol. The summed E-state index contributed by atoms with van der Waals surface area (Å²) in [6, 6.07) is 15.3. The van der Waals surface area contributed by atoms with Crippen molar-refractivity contribution in [3.63, 3.8) is 0 Å². The number of para-hydroxylation sites is 1. The summed E-state index contributed by atoms with van der Waals surface area (Å²) >= 11 is 0. The molecule has 0 aliphatic carbocycles. The topological polar surface area (TPSA) is 57.6 Å². The molecule has 0 radical (unpaired) electrons. The van der Waals surface area contributed by atoms with E-state index in [9.17, 15) is 9.59 Å². The first kappa shape index (κ1) is 17.2. The summed E-state index contributed by atoms with van der Waals surface area (Å²) in [5.74, 6) is -0.128. The van der Waals surface area contributed by atoms with Crippen LogP contribution in [0.1, 0.15) is 0 Å². The summed E-state index contributed by atoms with van der Waals surface area (Å²) < 4.78 is 1.41. The van der Waals surface area contributed by atoms with E-state index in [-0.39, 0.29) is 18.0 Å². The minimum absolute atomic E-state index is 0.0709. The van der Waals surface area contributed by atoms with Gasteiger partial charge in [-0.05, 0) is 18.2 Å².